The number of hydrogen-bond donors (Lipinski definition) is 1. The Morgan fingerprint density at radius 1 is 1.38 bits per heavy atom. The molecule has 21 heavy (non-hydrogen) atoms. The number of nitrogens with zero attached hydrogens (tertiary/aromatic N) is 3. The van der Waals surface area contributed by atoms with Gasteiger partial charge >= 0.3 is 5.97 Å². The molecule has 1 aromatic heterocycles. The molecule has 0 radical (unpaired) electrons. The second-order valence-corrected chi connectivity index (χ2v) is 6.01. The maximum Gasteiger partial charge on any atom is 0.335 e. The van der Waals surface area contributed by atoms with E-state index < -0.39 is 5.97 Å². The van der Waals surface area contributed by atoms with Crippen molar-refractivity contribution in [2.45, 2.75) is 32.7 Å². The van der Waals surface area contributed by atoms with Gasteiger partial charge in [0.2, 0.25) is 0 Å². The number of fused-ring (bicyclic) bond motifs is 1. The van der Waals surface area contributed by atoms with E-state index >= 15 is 0 Å². The Morgan fingerprint density at radius 2 is 2.14 bits per heavy atom. The van der Waals surface area contributed by atoms with E-state index in [-0.39, 0.29) is 5.56 Å². The Balaban J connectivity index is 2.06. The number of carbonyl (C=O) groups is 1. The normalized spacial score (nSPS) is 14.6. The first-order valence-electron chi connectivity index (χ1n) is 7.31. The van der Waals surface area contributed by atoms with Gasteiger partial charge in [0.15, 0.2) is 0 Å². The molecule has 0 bridgehead atoms. The first-order chi connectivity index (χ1) is 10.1. The van der Waals surface area contributed by atoms with E-state index in [1.807, 2.05) is 6.07 Å². The van der Waals surface area contributed by atoms with Gasteiger partial charge in [-0.3, -0.25) is 0 Å². The van der Waals surface area contributed by atoms with Crippen LogP contribution in [-0.4, -0.2) is 33.6 Å². The summed E-state index contributed by atoms with van der Waals surface area (Å²) in [6.07, 6.45) is 3.93. The van der Waals surface area contributed by atoms with E-state index in [1.165, 1.54) is 19.2 Å². The Labute approximate surface area is 123 Å². The number of hydrogen-bond acceptors (Lipinski definition) is 4. The summed E-state index contributed by atoms with van der Waals surface area (Å²) >= 11 is 0. The topological polar surface area (TPSA) is 66.3 Å². The number of carboxylic acid groups (broad SMARTS) is 1. The minimum Gasteiger partial charge on any atom is -0.478 e. The first-order valence-corrected chi connectivity index (χ1v) is 7.31. The summed E-state index contributed by atoms with van der Waals surface area (Å²) < 4.78 is 0. The van der Waals surface area contributed by atoms with Crippen LogP contribution in [0.3, 0.4) is 0 Å². The van der Waals surface area contributed by atoms with Gasteiger partial charge in [0.25, 0.3) is 0 Å². The molecule has 1 aliphatic rings. The Hall–Kier alpha value is -2.17. The average Bonchev–Trinajstić information content (AvgIpc) is 3.28. The van der Waals surface area contributed by atoms with Crippen molar-refractivity contribution in [3.05, 3.63) is 30.1 Å². The highest BCUT2D eigenvalue weighted by Gasteiger charge is 2.31. The maximum atomic E-state index is 11.1. The van der Waals surface area contributed by atoms with Crippen LogP contribution in [-0.2, 0) is 0 Å². The zero-order chi connectivity index (χ0) is 15.0. The fourth-order valence-electron chi connectivity index (χ4n) is 2.59. The van der Waals surface area contributed by atoms with Crippen LogP contribution < -0.4 is 4.90 Å². The fraction of sp³-hybridized carbons (Fsp3) is 0.438. The van der Waals surface area contributed by atoms with Crippen LogP contribution in [0.5, 0.6) is 0 Å². The minimum atomic E-state index is -0.932. The predicted octanol–water partition coefficient (Wildman–Crippen LogP) is 2.95. The van der Waals surface area contributed by atoms with Gasteiger partial charge in [-0.25, -0.2) is 14.8 Å². The molecular weight excluding hydrogens is 266 g/mol. The van der Waals surface area contributed by atoms with Crippen molar-refractivity contribution in [3.8, 4) is 0 Å². The van der Waals surface area contributed by atoms with Crippen LogP contribution in [0, 0.1) is 5.92 Å². The highest BCUT2D eigenvalue weighted by atomic mass is 16.4. The molecule has 1 N–H and O–H groups in total. The first kappa shape index (κ1) is 13.8. The second kappa shape index (κ2) is 5.31. The van der Waals surface area contributed by atoms with Crippen molar-refractivity contribution in [1.29, 1.82) is 0 Å². The fourth-order valence-corrected chi connectivity index (χ4v) is 2.59. The van der Waals surface area contributed by atoms with Crippen LogP contribution in [0.1, 0.15) is 37.0 Å². The highest BCUT2D eigenvalue weighted by molar-refractivity contribution is 5.96. The Kier molecular flexibility index (Phi) is 3.49. The number of aromatic nitrogens is 2. The standard InChI is InChI=1S/C16H19N3O2/c1-10(2)8-19(12-4-5-12)15-13-6-3-11(16(20)21)7-14(13)17-9-18-15/h3,6-7,9-10,12H,4-5,8H2,1-2H3,(H,20,21). The van der Waals surface area contributed by atoms with Gasteiger partial charge in [0, 0.05) is 18.0 Å². The molecule has 0 aliphatic heterocycles. The lowest BCUT2D eigenvalue weighted by Crippen LogP contribution is -2.30. The van der Waals surface area contributed by atoms with Crippen LogP contribution in [0.15, 0.2) is 24.5 Å². The van der Waals surface area contributed by atoms with E-state index in [1.54, 1.807) is 12.1 Å². The van der Waals surface area contributed by atoms with Crippen LogP contribution in [0.25, 0.3) is 10.9 Å². The van der Waals surface area contributed by atoms with Crippen molar-refractivity contribution in [2.75, 3.05) is 11.4 Å². The third kappa shape index (κ3) is 2.82. The largest absolute Gasteiger partial charge is 0.478 e. The van der Waals surface area contributed by atoms with Crippen molar-refractivity contribution in [2.24, 2.45) is 5.92 Å². The van der Waals surface area contributed by atoms with Crippen molar-refractivity contribution >= 4 is 22.7 Å². The smallest absolute Gasteiger partial charge is 0.335 e. The molecule has 2 aromatic rings. The van der Waals surface area contributed by atoms with Crippen molar-refractivity contribution in [3.63, 3.8) is 0 Å². The van der Waals surface area contributed by atoms with E-state index in [0.717, 1.165) is 17.7 Å². The van der Waals surface area contributed by atoms with E-state index in [4.69, 9.17) is 5.11 Å². The van der Waals surface area contributed by atoms with Crippen molar-refractivity contribution < 1.29 is 9.90 Å². The molecule has 5 heteroatoms. The third-order valence-electron chi connectivity index (χ3n) is 3.68. The molecule has 110 valence electrons. The van der Waals surface area contributed by atoms with Gasteiger partial charge in [-0.15, -0.1) is 0 Å². The number of anilines is 1. The van der Waals surface area contributed by atoms with Gasteiger partial charge in [-0.05, 0) is 37.0 Å². The van der Waals surface area contributed by atoms with Crippen LogP contribution in [0.2, 0.25) is 0 Å². The summed E-state index contributed by atoms with van der Waals surface area (Å²) in [5.41, 5.74) is 0.947. The van der Waals surface area contributed by atoms with Gasteiger partial charge in [0.1, 0.15) is 12.1 Å². The molecule has 3 rings (SSSR count). The molecular formula is C16H19N3O2. The SMILES string of the molecule is CC(C)CN(c1ncnc2cc(C(=O)O)ccc12)C1CC1. The third-order valence-corrected chi connectivity index (χ3v) is 3.68. The highest BCUT2D eigenvalue weighted by Crippen LogP contribution is 2.34. The summed E-state index contributed by atoms with van der Waals surface area (Å²) in [6.45, 7) is 5.35. The molecule has 0 spiro atoms. The summed E-state index contributed by atoms with van der Waals surface area (Å²) in [5, 5.41) is 10.0. The van der Waals surface area contributed by atoms with E-state index in [2.05, 4.69) is 28.7 Å². The molecule has 1 fully saturated rings. The average molecular weight is 285 g/mol. The number of rotatable bonds is 5. The van der Waals surface area contributed by atoms with Gasteiger partial charge < -0.3 is 10.0 Å². The van der Waals surface area contributed by atoms with Gasteiger partial charge in [0.05, 0.1) is 11.1 Å². The van der Waals surface area contributed by atoms with Gasteiger partial charge in [-0.2, -0.15) is 0 Å². The summed E-state index contributed by atoms with van der Waals surface area (Å²) in [7, 11) is 0. The summed E-state index contributed by atoms with van der Waals surface area (Å²) in [4.78, 5) is 22.1. The predicted molar refractivity (Wildman–Crippen MR) is 81.7 cm³/mol. The van der Waals surface area contributed by atoms with Crippen molar-refractivity contribution in [1.82, 2.24) is 9.97 Å². The zero-order valence-electron chi connectivity index (χ0n) is 12.3. The number of benzene rings is 1. The van der Waals surface area contributed by atoms with E-state index in [9.17, 15) is 4.79 Å². The molecule has 1 aromatic carbocycles. The molecule has 5 nitrogen and oxygen atoms in total. The molecule has 0 atom stereocenters. The molecule has 0 unspecified atom stereocenters. The van der Waals surface area contributed by atoms with Crippen LogP contribution >= 0.6 is 0 Å². The molecule has 1 aliphatic carbocycles. The Morgan fingerprint density at radius 3 is 2.76 bits per heavy atom. The monoisotopic (exact) mass is 285 g/mol. The lowest BCUT2D eigenvalue weighted by atomic mass is 10.1. The lowest BCUT2D eigenvalue weighted by molar-refractivity contribution is 0.0697. The quantitative estimate of drug-likeness (QED) is 0.915. The van der Waals surface area contributed by atoms with E-state index in [0.29, 0.717) is 17.5 Å². The minimum absolute atomic E-state index is 0.258. The summed E-state index contributed by atoms with van der Waals surface area (Å²) in [5.74, 6) is 0.542. The Bertz CT molecular complexity index is 680. The lowest BCUT2D eigenvalue weighted by Gasteiger charge is -2.26. The van der Waals surface area contributed by atoms with Crippen LogP contribution in [0.4, 0.5) is 5.82 Å². The number of aromatic carboxylic acids is 1. The number of carboxylic acids is 1. The molecule has 0 saturated heterocycles. The zero-order valence-corrected chi connectivity index (χ0v) is 12.3. The maximum absolute atomic E-state index is 11.1. The molecule has 1 heterocycles. The second-order valence-electron chi connectivity index (χ2n) is 6.01. The molecule has 0 amide bonds. The van der Waals surface area contributed by atoms with Gasteiger partial charge in [-0.1, -0.05) is 13.8 Å². The summed E-state index contributed by atoms with van der Waals surface area (Å²) in [6, 6.07) is 5.62. The molecule has 1 saturated carbocycles.